The minimum atomic E-state index is -0.299. The Kier molecular flexibility index (Phi) is 5.38. The molecule has 4 rings (SSSR count). The fraction of sp³-hybridized carbons (Fsp3) is 0.0909. The van der Waals surface area contributed by atoms with E-state index in [-0.39, 0.29) is 18.1 Å². The van der Waals surface area contributed by atoms with Crippen LogP contribution >= 0.6 is 0 Å². The van der Waals surface area contributed by atoms with Crippen molar-refractivity contribution in [3.8, 4) is 11.5 Å². The van der Waals surface area contributed by atoms with Crippen LogP contribution in [0.3, 0.4) is 0 Å². The topological polar surface area (TPSA) is 72.7 Å². The fourth-order valence-electron chi connectivity index (χ4n) is 2.83. The number of carbonyl (C=O) groups excluding carboxylic acids is 1. The molecule has 0 aliphatic heterocycles. The number of hydrogen-bond acceptors (Lipinski definition) is 5. The smallest absolute Gasteiger partial charge is 0.254 e. The number of aromatic nitrogens is 4. The van der Waals surface area contributed by atoms with Crippen LogP contribution in [0.5, 0.6) is 0 Å². The average Bonchev–Trinajstić information content (AvgIpc) is 3.19. The van der Waals surface area contributed by atoms with Crippen molar-refractivity contribution < 1.29 is 9.18 Å². The number of hydrogen-bond donors (Lipinski definition) is 1. The van der Waals surface area contributed by atoms with Gasteiger partial charge in [-0.25, -0.2) is 4.39 Å². The Labute approximate surface area is 167 Å². The maximum Gasteiger partial charge on any atom is 0.254 e. The highest BCUT2D eigenvalue weighted by atomic mass is 19.1. The molecule has 0 saturated carbocycles. The van der Waals surface area contributed by atoms with Crippen molar-refractivity contribution in [2.24, 2.45) is 0 Å². The highest BCUT2D eigenvalue weighted by molar-refractivity contribution is 5.83. The first-order valence-electron chi connectivity index (χ1n) is 9.13. The van der Waals surface area contributed by atoms with Gasteiger partial charge < -0.3 is 5.32 Å². The highest BCUT2D eigenvalue weighted by Gasteiger charge is 2.18. The van der Waals surface area contributed by atoms with Gasteiger partial charge in [-0.1, -0.05) is 48.5 Å². The van der Waals surface area contributed by atoms with Crippen LogP contribution in [-0.4, -0.2) is 25.7 Å². The van der Waals surface area contributed by atoms with Gasteiger partial charge in [-0.05, 0) is 35.4 Å². The molecule has 1 N–H and O–H groups in total. The second kappa shape index (κ2) is 8.43. The van der Waals surface area contributed by atoms with Crippen molar-refractivity contribution in [2.45, 2.75) is 13.0 Å². The molecular weight excluding hydrogens is 369 g/mol. The van der Waals surface area contributed by atoms with Gasteiger partial charge in [0.25, 0.3) is 5.91 Å². The number of halogens is 1. The van der Waals surface area contributed by atoms with Crippen molar-refractivity contribution in [3.63, 3.8) is 0 Å². The number of carbonyl (C=O) groups is 1. The number of rotatable bonds is 6. The van der Waals surface area contributed by atoms with E-state index in [0.717, 1.165) is 11.1 Å². The second-order valence-corrected chi connectivity index (χ2v) is 6.42. The fourth-order valence-corrected chi connectivity index (χ4v) is 2.83. The normalized spacial score (nSPS) is 10.7. The van der Waals surface area contributed by atoms with Crippen molar-refractivity contribution in [2.75, 3.05) is 5.32 Å². The molecule has 0 bridgehead atoms. The van der Waals surface area contributed by atoms with Crippen LogP contribution in [0.1, 0.15) is 15.9 Å². The van der Waals surface area contributed by atoms with Gasteiger partial charge >= 0.3 is 0 Å². The third-order valence-electron chi connectivity index (χ3n) is 4.30. The number of nitrogens with one attached hydrogen (secondary N) is 1. The molecule has 144 valence electrons. The van der Waals surface area contributed by atoms with E-state index >= 15 is 0 Å². The number of benzene rings is 2. The molecule has 29 heavy (non-hydrogen) atoms. The molecule has 2 aromatic carbocycles. The number of pyridine rings is 1. The average molecular weight is 387 g/mol. The Morgan fingerprint density at radius 3 is 2.41 bits per heavy atom. The van der Waals surface area contributed by atoms with Crippen LogP contribution in [0.15, 0.2) is 79.0 Å². The van der Waals surface area contributed by atoms with Crippen LogP contribution < -0.4 is 5.32 Å². The lowest BCUT2D eigenvalue weighted by Crippen LogP contribution is -2.18. The van der Waals surface area contributed by atoms with E-state index in [9.17, 15) is 9.18 Å². The third kappa shape index (κ3) is 4.52. The molecule has 0 aliphatic carbocycles. The third-order valence-corrected chi connectivity index (χ3v) is 4.30. The van der Waals surface area contributed by atoms with E-state index in [1.54, 1.807) is 30.5 Å². The van der Waals surface area contributed by atoms with Crippen molar-refractivity contribution in [3.05, 3.63) is 95.9 Å². The van der Waals surface area contributed by atoms with Gasteiger partial charge in [0.15, 0.2) is 0 Å². The lowest BCUT2D eigenvalue weighted by atomic mass is 10.1. The molecule has 7 heteroatoms. The molecular formula is C22H18FN5O. The Balaban J connectivity index is 1.61. The summed E-state index contributed by atoms with van der Waals surface area (Å²) < 4.78 is 14.4. The van der Waals surface area contributed by atoms with Crippen LogP contribution in [0, 0.1) is 5.82 Å². The van der Waals surface area contributed by atoms with Crippen LogP contribution in [0.25, 0.3) is 11.5 Å². The summed E-state index contributed by atoms with van der Waals surface area (Å²) in [7, 11) is 0. The van der Waals surface area contributed by atoms with E-state index in [4.69, 9.17) is 0 Å². The van der Waals surface area contributed by atoms with Gasteiger partial charge in [0.2, 0.25) is 11.8 Å². The monoisotopic (exact) mass is 387 g/mol. The molecule has 0 atom stereocenters. The zero-order chi connectivity index (χ0) is 20.1. The maximum absolute atomic E-state index is 13.1. The molecule has 0 fully saturated rings. The largest absolute Gasteiger partial charge is 0.350 e. The van der Waals surface area contributed by atoms with E-state index in [0.29, 0.717) is 24.0 Å². The molecule has 0 aliphatic rings. The summed E-state index contributed by atoms with van der Waals surface area (Å²) in [5.41, 5.74) is 2.32. The van der Waals surface area contributed by atoms with Crippen LogP contribution in [-0.2, 0) is 13.0 Å². The van der Waals surface area contributed by atoms with Crippen molar-refractivity contribution in [1.29, 1.82) is 0 Å². The predicted molar refractivity (Wildman–Crippen MR) is 108 cm³/mol. The summed E-state index contributed by atoms with van der Waals surface area (Å²) in [6.07, 6.45) is 1.84. The molecule has 2 aromatic heterocycles. The minimum absolute atomic E-state index is 0.192. The van der Waals surface area contributed by atoms with Gasteiger partial charge in [-0.3, -0.25) is 9.78 Å². The van der Waals surface area contributed by atoms with E-state index in [1.165, 1.54) is 16.8 Å². The summed E-state index contributed by atoms with van der Waals surface area (Å²) in [5.74, 6) is 0.157. The predicted octanol–water partition coefficient (Wildman–Crippen LogP) is 3.97. The quantitative estimate of drug-likeness (QED) is 0.542. The van der Waals surface area contributed by atoms with E-state index in [1.807, 2.05) is 36.4 Å². The van der Waals surface area contributed by atoms with E-state index < -0.39 is 0 Å². The first kappa shape index (κ1) is 18.5. The summed E-state index contributed by atoms with van der Waals surface area (Å²) in [6, 6.07) is 21.0. The van der Waals surface area contributed by atoms with Crippen LogP contribution in [0.4, 0.5) is 10.3 Å². The molecule has 0 radical (unpaired) electrons. The molecule has 6 nitrogen and oxygen atoms in total. The molecule has 0 unspecified atom stereocenters. The molecule has 0 saturated heterocycles. The molecule has 0 amide bonds. The van der Waals surface area contributed by atoms with E-state index in [2.05, 4.69) is 20.4 Å². The Hall–Kier alpha value is -3.87. The Morgan fingerprint density at radius 2 is 1.69 bits per heavy atom. The van der Waals surface area contributed by atoms with Crippen molar-refractivity contribution >= 4 is 11.9 Å². The maximum atomic E-state index is 13.1. The molecule has 0 spiro atoms. The zero-order valence-corrected chi connectivity index (χ0v) is 15.5. The lowest BCUT2D eigenvalue weighted by molar-refractivity contribution is 0.0901. The highest BCUT2D eigenvalue weighted by Crippen LogP contribution is 2.17. The Bertz CT molecular complexity index is 1100. The standard InChI is InChI=1S/C22H18FN5O/c23-18-11-9-17(10-12-18)15-25-22-26-21(19-8-4-5-13-24-19)27-28(22)20(29)14-16-6-2-1-3-7-16/h1-13H,14-15H2,(H,25,26,27). The lowest BCUT2D eigenvalue weighted by Gasteiger charge is -2.07. The van der Waals surface area contributed by atoms with Crippen LogP contribution in [0.2, 0.25) is 0 Å². The Morgan fingerprint density at radius 1 is 0.931 bits per heavy atom. The molecule has 2 heterocycles. The summed E-state index contributed by atoms with van der Waals surface area (Å²) in [4.78, 5) is 21.6. The zero-order valence-electron chi connectivity index (χ0n) is 15.5. The van der Waals surface area contributed by atoms with Gasteiger partial charge in [0, 0.05) is 12.7 Å². The number of anilines is 1. The summed E-state index contributed by atoms with van der Waals surface area (Å²) >= 11 is 0. The minimum Gasteiger partial charge on any atom is -0.350 e. The summed E-state index contributed by atoms with van der Waals surface area (Å²) in [6.45, 7) is 0.374. The first-order chi connectivity index (χ1) is 14.2. The van der Waals surface area contributed by atoms with Crippen molar-refractivity contribution in [1.82, 2.24) is 19.7 Å². The SMILES string of the molecule is O=C(Cc1ccccc1)n1nc(-c2ccccn2)nc1NCc1ccc(F)cc1. The number of nitrogens with zero attached hydrogens (tertiary/aromatic N) is 4. The van der Waals surface area contributed by atoms with Gasteiger partial charge in [0.05, 0.1) is 6.42 Å². The first-order valence-corrected chi connectivity index (χ1v) is 9.13. The second-order valence-electron chi connectivity index (χ2n) is 6.42. The molecule has 4 aromatic rings. The van der Waals surface area contributed by atoms with Gasteiger partial charge in [-0.2, -0.15) is 9.67 Å². The van der Waals surface area contributed by atoms with Gasteiger partial charge in [0.1, 0.15) is 11.5 Å². The summed E-state index contributed by atoms with van der Waals surface area (Å²) in [5, 5.41) is 7.50. The van der Waals surface area contributed by atoms with Gasteiger partial charge in [-0.15, -0.1) is 5.10 Å².